The molecule has 1 saturated heterocycles. The first-order valence-corrected chi connectivity index (χ1v) is 9.20. The average molecular weight is 381 g/mol. The Morgan fingerprint density at radius 1 is 0.929 bits per heavy atom. The van der Waals surface area contributed by atoms with E-state index in [9.17, 15) is 14.4 Å². The molecule has 6 nitrogen and oxygen atoms in total. The molecule has 1 unspecified atom stereocenters. The molecule has 0 radical (unpaired) electrons. The summed E-state index contributed by atoms with van der Waals surface area (Å²) in [5, 5.41) is 0. The maximum atomic E-state index is 13.1. The van der Waals surface area contributed by atoms with Gasteiger partial charge < -0.3 is 14.4 Å². The van der Waals surface area contributed by atoms with E-state index in [1.54, 1.807) is 47.4 Å². The average Bonchev–Trinajstić information content (AvgIpc) is 2.77. The molecule has 0 N–H and O–H groups in total. The van der Waals surface area contributed by atoms with Gasteiger partial charge in [-0.1, -0.05) is 24.3 Å². The van der Waals surface area contributed by atoms with Crippen LogP contribution in [0.1, 0.15) is 43.9 Å². The van der Waals surface area contributed by atoms with E-state index < -0.39 is 5.97 Å². The lowest BCUT2D eigenvalue weighted by atomic mass is 9.89. The molecule has 1 amide bonds. The number of benzene rings is 2. The van der Waals surface area contributed by atoms with Crippen molar-refractivity contribution in [2.75, 3.05) is 27.3 Å². The second-order valence-electron chi connectivity index (χ2n) is 6.69. The van der Waals surface area contributed by atoms with Crippen LogP contribution in [0.25, 0.3) is 0 Å². The van der Waals surface area contributed by atoms with Crippen LogP contribution >= 0.6 is 0 Å². The van der Waals surface area contributed by atoms with Gasteiger partial charge in [-0.25, -0.2) is 4.79 Å². The summed E-state index contributed by atoms with van der Waals surface area (Å²) in [5.41, 5.74) is 1.05. The second-order valence-corrected chi connectivity index (χ2v) is 6.69. The van der Waals surface area contributed by atoms with Crippen LogP contribution in [0.3, 0.4) is 0 Å². The minimum absolute atomic E-state index is 0.0313. The number of hydrogen-bond acceptors (Lipinski definition) is 5. The van der Waals surface area contributed by atoms with Crippen LogP contribution < -0.4 is 4.74 Å². The number of likely N-dealkylation sites (tertiary alicyclic amines) is 1. The topological polar surface area (TPSA) is 72.9 Å². The number of carbonyl (C=O) groups is 3. The Balaban J connectivity index is 1.81. The predicted octanol–water partition coefficient (Wildman–Crippen LogP) is 3.22. The summed E-state index contributed by atoms with van der Waals surface area (Å²) in [5.74, 6) is -0.622. The molecule has 1 aliphatic heterocycles. The molecule has 3 rings (SSSR count). The van der Waals surface area contributed by atoms with E-state index in [2.05, 4.69) is 0 Å². The maximum absolute atomic E-state index is 13.1. The van der Waals surface area contributed by atoms with E-state index in [0.717, 1.165) is 6.42 Å². The van der Waals surface area contributed by atoms with Crippen molar-refractivity contribution >= 4 is 17.7 Å². The van der Waals surface area contributed by atoms with Crippen molar-refractivity contribution in [3.63, 3.8) is 0 Å². The standard InChI is InChI=1S/C22H23NO5/c1-27-19-12-6-5-11-18(19)20(24)15-8-7-13-23(14-15)21(25)16-9-3-4-10-17(16)22(26)28-2/h3-6,9-12,15H,7-8,13-14H2,1-2H3. The fourth-order valence-corrected chi connectivity index (χ4v) is 3.57. The van der Waals surface area contributed by atoms with Gasteiger partial charge in [0.25, 0.3) is 5.91 Å². The van der Waals surface area contributed by atoms with Gasteiger partial charge in [0.15, 0.2) is 5.78 Å². The minimum Gasteiger partial charge on any atom is -0.496 e. The van der Waals surface area contributed by atoms with Gasteiger partial charge in [-0.2, -0.15) is 0 Å². The fourth-order valence-electron chi connectivity index (χ4n) is 3.57. The zero-order valence-corrected chi connectivity index (χ0v) is 16.0. The molecule has 1 atom stereocenters. The van der Waals surface area contributed by atoms with Gasteiger partial charge in [0.1, 0.15) is 5.75 Å². The van der Waals surface area contributed by atoms with E-state index in [-0.39, 0.29) is 23.2 Å². The molecule has 28 heavy (non-hydrogen) atoms. The van der Waals surface area contributed by atoms with E-state index in [0.29, 0.717) is 36.4 Å². The van der Waals surface area contributed by atoms with Crippen LogP contribution in [-0.2, 0) is 4.74 Å². The van der Waals surface area contributed by atoms with E-state index in [1.165, 1.54) is 14.2 Å². The number of para-hydroxylation sites is 1. The largest absolute Gasteiger partial charge is 0.496 e. The number of Topliss-reactive ketones (excluding diaryl/α,β-unsaturated/α-hetero) is 1. The number of ether oxygens (including phenoxy) is 2. The molecule has 1 heterocycles. The highest BCUT2D eigenvalue weighted by molar-refractivity contribution is 6.06. The number of piperidine rings is 1. The Kier molecular flexibility index (Phi) is 6.09. The van der Waals surface area contributed by atoms with Crippen molar-refractivity contribution in [1.29, 1.82) is 0 Å². The van der Waals surface area contributed by atoms with Crippen molar-refractivity contribution in [3.8, 4) is 5.75 Å². The van der Waals surface area contributed by atoms with E-state index >= 15 is 0 Å². The normalized spacial score (nSPS) is 16.4. The smallest absolute Gasteiger partial charge is 0.338 e. The summed E-state index contributed by atoms with van der Waals surface area (Å²) >= 11 is 0. The van der Waals surface area contributed by atoms with Crippen molar-refractivity contribution in [2.45, 2.75) is 12.8 Å². The molecule has 2 aromatic rings. The molecule has 0 aromatic heterocycles. The molecular weight excluding hydrogens is 358 g/mol. The lowest BCUT2D eigenvalue weighted by Crippen LogP contribution is -2.42. The van der Waals surface area contributed by atoms with Crippen LogP contribution in [-0.4, -0.2) is 49.9 Å². The first-order valence-electron chi connectivity index (χ1n) is 9.20. The molecule has 1 aliphatic rings. The molecule has 1 fully saturated rings. The van der Waals surface area contributed by atoms with Gasteiger partial charge in [0, 0.05) is 19.0 Å². The lowest BCUT2D eigenvalue weighted by molar-refractivity contribution is 0.0573. The number of ketones is 1. The van der Waals surface area contributed by atoms with Crippen LogP contribution in [0, 0.1) is 5.92 Å². The third-order valence-corrected chi connectivity index (χ3v) is 5.01. The second kappa shape index (κ2) is 8.69. The summed E-state index contributed by atoms with van der Waals surface area (Å²) in [4.78, 5) is 39.7. The van der Waals surface area contributed by atoms with Gasteiger partial charge in [0.2, 0.25) is 0 Å². The van der Waals surface area contributed by atoms with Crippen molar-refractivity contribution < 1.29 is 23.9 Å². The van der Waals surface area contributed by atoms with Crippen LogP contribution in [0.5, 0.6) is 5.75 Å². The lowest BCUT2D eigenvalue weighted by Gasteiger charge is -2.32. The number of hydrogen-bond donors (Lipinski definition) is 0. The predicted molar refractivity (Wildman–Crippen MR) is 104 cm³/mol. The van der Waals surface area contributed by atoms with Crippen LogP contribution in [0.4, 0.5) is 0 Å². The molecular formula is C22H23NO5. The number of amides is 1. The quantitative estimate of drug-likeness (QED) is 0.587. The fraction of sp³-hybridized carbons (Fsp3) is 0.318. The minimum atomic E-state index is -0.553. The SMILES string of the molecule is COC(=O)c1ccccc1C(=O)N1CCCC(C(=O)c2ccccc2OC)C1. The van der Waals surface area contributed by atoms with Crippen LogP contribution in [0.15, 0.2) is 48.5 Å². The summed E-state index contributed by atoms with van der Waals surface area (Å²) in [6, 6.07) is 13.7. The number of nitrogens with zero attached hydrogens (tertiary/aromatic N) is 1. The third kappa shape index (κ3) is 3.91. The van der Waals surface area contributed by atoms with Gasteiger partial charge in [-0.3, -0.25) is 9.59 Å². The number of methoxy groups -OCH3 is 2. The Labute approximate surface area is 164 Å². The van der Waals surface area contributed by atoms with Gasteiger partial charge >= 0.3 is 5.97 Å². The number of esters is 1. The monoisotopic (exact) mass is 381 g/mol. The molecule has 0 saturated carbocycles. The molecule has 146 valence electrons. The first-order chi connectivity index (χ1) is 13.6. The number of carbonyl (C=O) groups excluding carboxylic acids is 3. The molecule has 0 spiro atoms. The number of rotatable bonds is 5. The summed E-state index contributed by atoms with van der Waals surface area (Å²) in [7, 11) is 2.82. The zero-order chi connectivity index (χ0) is 20.1. The van der Waals surface area contributed by atoms with Crippen LogP contribution in [0.2, 0.25) is 0 Å². The van der Waals surface area contributed by atoms with Gasteiger partial charge in [-0.05, 0) is 37.1 Å². The Morgan fingerprint density at radius 2 is 1.57 bits per heavy atom. The zero-order valence-electron chi connectivity index (χ0n) is 16.0. The van der Waals surface area contributed by atoms with Crippen molar-refractivity contribution in [1.82, 2.24) is 4.90 Å². The highest BCUT2D eigenvalue weighted by Gasteiger charge is 2.32. The first kappa shape index (κ1) is 19.6. The molecule has 2 aromatic carbocycles. The van der Waals surface area contributed by atoms with E-state index in [4.69, 9.17) is 9.47 Å². The van der Waals surface area contributed by atoms with Gasteiger partial charge in [-0.15, -0.1) is 0 Å². The molecule has 0 aliphatic carbocycles. The van der Waals surface area contributed by atoms with Crippen molar-refractivity contribution in [3.05, 3.63) is 65.2 Å². The van der Waals surface area contributed by atoms with E-state index in [1.807, 2.05) is 6.07 Å². The highest BCUT2D eigenvalue weighted by Crippen LogP contribution is 2.27. The summed E-state index contributed by atoms with van der Waals surface area (Å²) in [6.07, 6.45) is 1.43. The Bertz CT molecular complexity index is 892. The summed E-state index contributed by atoms with van der Waals surface area (Å²) in [6.45, 7) is 0.856. The molecule has 0 bridgehead atoms. The van der Waals surface area contributed by atoms with Crippen molar-refractivity contribution in [2.24, 2.45) is 5.92 Å². The highest BCUT2D eigenvalue weighted by atomic mass is 16.5. The Hall–Kier alpha value is -3.15. The summed E-state index contributed by atoms with van der Waals surface area (Å²) < 4.78 is 10.1. The van der Waals surface area contributed by atoms with Gasteiger partial charge in [0.05, 0.1) is 30.9 Å². The molecule has 6 heteroatoms. The Morgan fingerprint density at radius 3 is 2.25 bits per heavy atom. The maximum Gasteiger partial charge on any atom is 0.338 e. The third-order valence-electron chi connectivity index (χ3n) is 5.01.